The van der Waals surface area contributed by atoms with Crippen LogP contribution >= 0.6 is 11.6 Å². The smallest absolute Gasteiger partial charge is 0.258 e. The van der Waals surface area contributed by atoms with Gasteiger partial charge in [-0.25, -0.2) is 0 Å². The number of methoxy groups -OCH3 is 2. The van der Waals surface area contributed by atoms with Crippen molar-refractivity contribution >= 4 is 34.7 Å². The molecule has 9 nitrogen and oxygen atoms in total. The molecule has 0 radical (unpaired) electrons. The molecule has 0 aliphatic heterocycles. The van der Waals surface area contributed by atoms with Crippen molar-refractivity contribution in [2.75, 3.05) is 32.8 Å². The van der Waals surface area contributed by atoms with E-state index < -0.39 is 17.7 Å². The average molecular weight is 464 g/mol. The number of carbonyl (C=O) groups excluding carboxylic acids is 2. The zero-order chi connectivity index (χ0) is 23.7. The maximum Gasteiger partial charge on any atom is 0.258 e. The summed E-state index contributed by atoms with van der Waals surface area (Å²) in [6.07, 6.45) is 0. The summed E-state index contributed by atoms with van der Waals surface area (Å²) in [7, 11) is 3.00. The molecule has 32 heavy (non-hydrogen) atoms. The fourth-order valence-electron chi connectivity index (χ4n) is 2.68. The Hall–Kier alpha value is -3.33. The lowest BCUT2D eigenvalue weighted by atomic mass is 10.2. The number of hydrogen-bond acceptors (Lipinski definition) is 8. The third kappa shape index (κ3) is 6.58. The van der Waals surface area contributed by atoms with E-state index in [0.717, 1.165) is 0 Å². The molecule has 0 aliphatic rings. The minimum Gasteiger partial charge on any atom is -0.497 e. The molecule has 2 aromatic carbocycles. The van der Waals surface area contributed by atoms with Crippen molar-refractivity contribution in [3.8, 4) is 23.0 Å². The first kappa shape index (κ1) is 24.9. The van der Waals surface area contributed by atoms with Gasteiger partial charge in [0.25, 0.3) is 5.91 Å². The van der Waals surface area contributed by atoms with Crippen LogP contribution in [-0.4, -0.2) is 45.2 Å². The van der Waals surface area contributed by atoms with Crippen molar-refractivity contribution in [3.05, 3.63) is 35.4 Å². The van der Waals surface area contributed by atoms with Crippen LogP contribution in [0.5, 0.6) is 23.0 Å². The lowest BCUT2D eigenvalue weighted by Crippen LogP contribution is -2.32. The second-order valence-electron chi connectivity index (χ2n) is 6.43. The van der Waals surface area contributed by atoms with E-state index in [1.165, 1.54) is 21.1 Å². The van der Waals surface area contributed by atoms with Crippen LogP contribution in [0.25, 0.3) is 0 Å². The van der Waals surface area contributed by atoms with Crippen LogP contribution in [0.2, 0.25) is 5.02 Å². The number of nitrogens with zero attached hydrogens (tertiary/aromatic N) is 2. The van der Waals surface area contributed by atoms with Gasteiger partial charge in [0.2, 0.25) is 6.04 Å². The zero-order valence-corrected chi connectivity index (χ0v) is 19.4. The van der Waals surface area contributed by atoms with Gasteiger partial charge in [0.05, 0.1) is 38.1 Å². The molecule has 0 aromatic heterocycles. The van der Waals surface area contributed by atoms with Crippen molar-refractivity contribution in [2.24, 2.45) is 10.2 Å². The number of Topliss-reactive ketones (excluding diaryl/α,β-unsaturated/α-hetero) is 1. The molecule has 0 aliphatic carbocycles. The number of ketones is 1. The number of halogens is 1. The van der Waals surface area contributed by atoms with Gasteiger partial charge >= 0.3 is 0 Å². The molecule has 0 bridgehead atoms. The van der Waals surface area contributed by atoms with Crippen molar-refractivity contribution in [1.29, 1.82) is 0 Å². The molecule has 1 unspecified atom stereocenters. The minimum atomic E-state index is -1.40. The van der Waals surface area contributed by atoms with Crippen LogP contribution in [0.3, 0.4) is 0 Å². The number of hydrogen-bond donors (Lipinski definition) is 1. The molecule has 1 amide bonds. The SMILES string of the molecule is CCOc1cc(Cl)c(NC(=O)C(N=Nc2cc(OC)cc(OC)c2)C(C)=O)c(OCC)c1. The number of benzene rings is 2. The molecule has 0 heterocycles. The molecule has 0 saturated heterocycles. The van der Waals surface area contributed by atoms with E-state index in [1.54, 1.807) is 37.3 Å². The van der Waals surface area contributed by atoms with Crippen LogP contribution in [0.4, 0.5) is 11.4 Å². The van der Waals surface area contributed by atoms with Gasteiger partial charge in [-0.1, -0.05) is 11.6 Å². The average Bonchev–Trinajstić information content (AvgIpc) is 2.76. The highest BCUT2D eigenvalue weighted by molar-refractivity contribution is 6.34. The Labute approximate surface area is 191 Å². The molecule has 0 spiro atoms. The fraction of sp³-hybridized carbons (Fsp3) is 0.364. The van der Waals surface area contributed by atoms with Crippen LogP contribution < -0.4 is 24.3 Å². The molecule has 1 N–H and O–H groups in total. The first-order valence-corrected chi connectivity index (χ1v) is 10.2. The summed E-state index contributed by atoms with van der Waals surface area (Å²) >= 11 is 6.33. The number of nitrogens with one attached hydrogen (secondary N) is 1. The van der Waals surface area contributed by atoms with E-state index in [9.17, 15) is 9.59 Å². The Morgan fingerprint density at radius 1 is 0.969 bits per heavy atom. The summed E-state index contributed by atoms with van der Waals surface area (Å²) in [4.78, 5) is 25.0. The number of ether oxygens (including phenoxy) is 4. The first-order valence-electron chi connectivity index (χ1n) is 9.87. The number of amides is 1. The largest absolute Gasteiger partial charge is 0.497 e. The molecule has 1 atom stereocenters. The van der Waals surface area contributed by atoms with E-state index in [-0.39, 0.29) is 10.7 Å². The van der Waals surface area contributed by atoms with Gasteiger partial charge in [0, 0.05) is 30.3 Å². The van der Waals surface area contributed by atoms with Crippen LogP contribution in [0, 0.1) is 0 Å². The normalized spacial score (nSPS) is 11.7. The molecular weight excluding hydrogens is 438 g/mol. The third-order valence-corrected chi connectivity index (χ3v) is 4.44. The standard InChI is InChI=1S/C22H26ClN3O6/c1-6-31-17-11-18(23)21(19(12-17)32-7-2)24-22(28)20(13(3)27)26-25-14-8-15(29-4)10-16(9-14)30-5/h8-12,20H,6-7H2,1-5H3,(H,24,28). The molecular formula is C22H26ClN3O6. The van der Waals surface area contributed by atoms with Crippen molar-refractivity contribution < 1.29 is 28.5 Å². The Kier molecular flexibility index (Phi) is 9.27. The van der Waals surface area contributed by atoms with Crippen molar-refractivity contribution in [1.82, 2.24) is 0 Å². The predicted molar refractivity (Wildman–Crippen MR) is 121 cm³/mol. The second-order valence-corrected chi connectivity index (χ2v) is 6.84. The maximum atomic E-state index is 12.9. The Balaban J connectivity index is 2.32. The van der Waals surface area contributed by atoms with Crippen LogP contribution in [0.1, 0.15) is 20.8 Å². The lowest BCUT2D eigenvalue weighted by molar-refractivity contribution is -0.126. The molecule has 10 heteroatoms. The Bertz CT molecular complexity index is 974. The van der Waals surface area contributed by atoms with Crippen LogP contribution in [0.15, 0.2) is 40.6 Å². The summed E-state index contributed by atoms with van der Waals surface area (Å²) in [5.74, 6) is 0.584. The quantitative estimate of drug-likeness (QED) is 0.377. The first-order chi connectivity index (χ1) is 15.3. The highest BCUT2D eigenvalue weighted by atomic mass is 35.5. The highest BCUT2D eigenvalue weighted by Crippen LogP contribution is 2.37. The lowest BCUT2D eigenvalue weighted by Gasteiger charge is -2.16. The molecule has 172 valence electrons. The zero-order valence-electron chi connectivity index (χ0n) is 18.6. The van der Waals surface area contributed by atoms with Gasteiger partial charge in [-0.15, -0.1) is 0 Å². The monoisotopic (exact) mass is 463 g/mol. The van der Waals surface area contributed by atoms with Gasteiger partial charge in [0.15, 0.2) is 5.78 Å². The fourth-order valence-corrected chi connectivity index (χ4v) is 2.93. The summed E-state index contributed by atoms with van der Waals surface area (Å²) in [5, 5.41) is 10.8. The van der Waals surface area contributed by atoms with Gasteiger partial charge in [-0.05, 0) is 20.8 Å². The van der Waals surface area contributed by atoms with Crippen LogP contribution in [-0.2, 0) is 9.59 Å². The summed E-state index contributed by atoms with van der Waals surface area (Å²) in [6, 6.07) is 6.62. The van der Waals surface area contributed by atoms with Gasteiger partial charge < -0.3 is 24.3 Å². The number of azo groups is 1. The molecule has 2 rings (SSSR count). The second kappa shape index (κ2) is 11.9. The van der Waals surface area contributed by atoms with E-state index in [4.69, 9.17) is 30.5 Å². The number of carbonyl (C=O) groups is 2. The summed E-state index contributed by atoms with van der Waals surface area (Å²) < 4.78 is 21.4. The number of anilines is 1. The summed E-state index contributed by atoms with van der Waals surface area (Å²) in [5.41, 5.74) is 0.570. The van der Waals surface area contributed by atoms with E-state index in [2.05, 4.69) is 15.5 Å². The number of rotatable bonds is 11. The Morgan fingerprint density at radius 3 is 2.12 bits per heavy atom. The van der Waals surface area contributed by atoms with Gasteiger partial charge in [-0.2, -0.15) is 10.2 Å². The van der Waals surface area contributed by atoms with Gasteiger partial charge in [0.1, 0.15) is 28.7 Å². The molecule has 0 saturated carbocycles. The third-order valence-electron chi connectivity index (χ3n) is 4.14. The van der Waals surface area contributed by atoms with E-state index in [0.29, 0.717) is 41.9 Å². The highest BCUT2D eigenvalue weighted by Gasteiger charge is 2.25. The topological polar surface area (TPSA) is 108 Å². The van der Waals surface area contributed by atoms with Crippen molar-refractivity contribution in [2.45, 2.75) is 26.8 Å². The molecule has 0 fully saturated rings. The van der Waals surface area contributed by atoms with E-state index in [1.807, 2.05) is 6.92 Å². The molecule has 2 aromatic rings. The van der Waals surface area contributed by atoms with Crippen molar-refractivity contribution in [3.63, 3.8) is 0 Å². The minimum absolute atomic E-state index is 0.199. The van der Waals surface area contributed by atoms with Gasteiger partial charge in [-0.3, -0.25) is 9.59 Å². The van der Waals surface area contributed by atoms with E-state index >= 15 is 0 Å². The maximum absolute atomic E-state index is 12.9. The Morgan fingerprint density at radius 2 is 1.59 bits per heavy atom. The predicted octanol–water partition coefficient (Wildman–Crippen LogP) is 4.83. The summed E-state index contributed by atoms with van der Waals surface area (Å²) in [6.45, 7) is 5.66.